The first-order valence-electron chi connectivity index (χ1n) is 5.66. The third-order valence-corrected chi connectivity index (χ3v) is 3.95. The zero-order chi connectivity index (χ0) is 11.8. The third kappa shape index (κ3) is 4.61. The van der Waals surface area contributed by atoms with Crippen LogP contribution in [-0.2, 0) is 9.59 Å². The van der Waals surface area contributed by atoms with Crippen molar-refractivity contribution in [2.24, 2.45) is 0 Å². The van der Waals surface area contributed by atoms with Crippen molar-refractivity contribution < 1.29 is 9.59 Å². The summed E-state index contributed by atoms with van der Waals surface area (Å²) in [6.45, 7) is 0.771. The maximum atomic E-state index is 11.7. The number of carbonyl (C=O) groups excluding carboxylic acids is 2. The Kier molecular flexibility index (Phi) is 6.64. The van der Waals surface area contributed by atoms with E-state index in [1.807, 2.05) is 0 Å². The van der Waals surface area contributed by atoms with Crippen molar-refractivity contribution in [2.45, 2.75) is 38.5 Å². The lowest BCUT2D eigenvalue weighted by atomic mass is 10.1. The molecule has 0 radical (unpaired) electrons. The van der Waals surface area contributed by atoms with Crippen LogP contribution < -0.4 is 0 Å². The predicted octanol–water partition coefficient (Wildman–Crippen LogP) is 2.39. The number of thiocarbonyl (C=S) groups is 1. The SMILES string of the molecule is O=CCCCCCCC(=O)N1CCSC1=S. The molecule has 1 aliphatic heterocycles. The van der Waals surface area contributed by atoms with Crippen molar-refractivity contribution in [2.75, 3.05) is 12.3 Å². The highest BCUT2D eigenvalue weighted by atomic mass is 32.2. The molecule has 16 heavy (non-hydrogen) atoms. The fraction of sp³-hybridized carbons (Fsp3) is 0.727. The first kappa shape index (κ1) is 13.6. The van der Waals surface area contributed by atoms with Gasteiger partial charge >= 0.3 is 0 Å². The van der Waals surface area contributed by atoms with Crippen molar-refractivity contribution in [3.63, 3.8) is 0 Å². The summed E-state index contributed by atoms with van der Waals surface area (Å²) in [5.41, 5.74) is 0. The van der Waals surface area contributed by atoms with Gasteiger partial charge in [-0.1, -0.05) is 36.8 Å². The summed E-state index contributed by atoms with van der Waals surface area (Å²) in [5.74, 6) is 1.09. The number of aldehydes is 1. The number of thioether (sulfide) groups is 1. The summed E-state index contributed by atoms with van der Waals surface area (Å²) in [4.78, 5) is 23.5. The summed E-state index contributed by atoms with van der Waals surface area (Å²) in [6.07, 6.45) is 6.07. The van der Waals surface area contributed by atoms with E-state index in [0.717, 1.165) is 48.6 Å². The molecule has 0 aromatic carbocycles. The van der Waals surface area contributed by atoms with Crippen LogP contribution in [0.15, 0.2) is 0 Å². The lowest BCUT2D eigenvalue weighted by molar-refractivity contribution is -0.127. The van der Waals surface area contributed by atoms with Crippen molar-refractivity contribution in [1.29, 1.82) is 0 Å². The molecule has 1 saturated heterocycles. The zero-order valence-electron chi connectivity index (χ0n) is 9.31. The Labute approximate surface area is 106 Å². The number of hydrogen-bond acceptors (Lipinski definition) is 4. The van der Waals surface area contributed by atoms with E-state index in [4.69, 9.17) is 12.2 Å². The average molecular weight is 259 g/mol. The van der Waals surface area contributed by atoms with Crippen molar-refractivity contribution in [3.8, 4) is 0 Å². The Hall–Kier alpha value is -0.420. The Morgan fingerprint density at radius 2 is 2.12 bits per heavy atom. The largest absolute Gasteiger partial charge is 0.303 e. The van der Waals surface area contributed by atoms with Gasteiger partial charge in [-0.3, -0.25) is 9.69 Å². The first-order chi connectivity index (χ1) is 7.75. The second kappa shape index (κ2) is 7.79. The molecule has 1 fully saturated rings. The minimum absolute atomic E-state index is 0.158. The number of amides is 1. The van der Waals surface area contributed by atoms with Gasteiger partial charge in [-0.05, 0) is 12.8 Å². The number of carbonyl (C=O) groups is 2. The van der Waals surface area contributed by atoms with E-state index in [1.54, 1.807) is 16.7 Å². The van der Waals surface area contributed by atoms with Crippen molar-refractivity contribution >= 4 is 40.5 Å². The van der Waals surface area contributed by atoms with Crippen molar-refractivity contribution in [1.82, 2.24) is 4.90 Å². The summed E-state index contributed by atoms with van der Waals surface area (Å²) < 4.78 is 0.728. The van der Waals surface area contributed by atoms with E-state index in [9.17, 15) is 9.59 Å². The van der Waals surface area contributed by atoms with Gasteiger partial charge in [-0.2, -0.15) is 0 Å². The molecule has 5 heteroatoms. The van der Waals surface area contributed by atoms with Gasteiger partial charge in [0.15, 0.2) is 0 Å². The molecule has 0 aromatic rings. The molecule has 0 aromatic heterocycles. The third-order valence-electron chi connectivity index (χ3n) is 2.52. The van der Waals surface area contributed by atoms with Crippen LogP contribution in [0.3, 0.4) is 0 Å². The molecular formula is C11H17NO2S2. The Balaban J connectivity index is 2.06. The topological polar surface area (TPSA) is 37.4 Å². The summed E-state index contributed by atoms with van der Waals surface area (Å²) >= 11 is 6.66. The van der Waals surface area contributed by atoms with Gasteiger partial charge in [-0.25, -0.2) is 0 Å². The van der Waals surface area contributed by atoms with Crippen LogP contribution in [0.2, 0.25) is 0 Å². The molecule has 0 unspecified atom stereocenters. The molecule has 0 atom stereocenters. The van der Waals surface area contributed by atoms with E-state index >= 15 is 0 Å². The number of rotatable bonds is 7. The first-order valence-corrected chi connectivity index (χ1v) is 7.06. The lowest BCUT2D eigenvalue weighted by Gasteiger charge is -2.14. The molecule has 90 valence electrons. The number of hydrogen-bond donors (Lipinski definition) is 0. The minimum atomic E-state index is 0.158. The normalized spacial score (nSPS) is 15.5. The second-order valence-electron chi connectivity index (χ2n) is 3.78. The van der Waals surface area contributed by atoms with E-state index in [2.05, 4.69) is 0 Å². The molecule has 0 saturated carbocycles. The summed E-state index contributed by atoms with van der Waals surface area (Å²) in [7, 11) is 0. The molecular weight excluding hydrogens is 242 g/mol. The predicted molar refractivity (Wildman–Crippen MR) is 70.5 cm³/mol. The van der Waals surface area contributed by atoms with Gasteiger partial charge in [0, 0.05) is 25.1 Å². The number of unbranched alkanes of at least 4 members (excludes halogenated alkanes) is 4. The molecule has 1 amide bonds. The molecule has 0 spiro atoms. The highest BCUT2D eigenvalue weighted by Gasteiger charge is 2.22. The van der Waals surface area contributed by atoms with Gasteiger partial charge in [-0.15, -0.1) is 0 Å². The van der Waals surface area contributed by atoms with Gasteiger partial charge in [0.2, 0.25) is 5.91 Å². The van der Waals surface area contributed by atoms with Crippen LogP contribution in [0, 0.1) is 0 Å². The Bertz CT molecular complexity index is 269. The zero-order valence-corrected chi connectivity index (χ0v) is 10.9. The van der Waals surface area contributed by atoms with E-state index in [-0.39, 0.29) is 5.91 Å². The number of nitrogens with zero attached hydrogens (tertiary/aromatic N) is 1. The van der Waals surface area contributed by atoms with Gasteiger partial charge in [0.1, 0.15) is 10.6 Å². The van der Waals surface area contributed by atoms with Gasteiger partial charge < -0.3 is 4.79 Å². The summed E-state index contributed by atoms with van der Waals surface area (Å²) in [6, 6.07) is 0. The highest BCUT2D eigenvalue weighted by molar-refractivity contribution is 8.23. The van der Waals surface area contributed by atoms with Crippen LogP contribution in [-0.4, -0.2) is 33.7 Å². The fourth-order valence-electron chi connectivity index (χ4n) is 1.61. The summed E-state index contributed by atoms with van der Waals surface area (Å²) in [5, 5.41) is 0. The quantitative estimate of drug-likeness (QED) is 0.400. The smallest absolute Gasteiger partial charge is 0.228 e. The van der Waals surface area contributed by atoms with E-state index < -0.39 is 0 Å². The van der Waals surface area contributed by atoms with Crippen molar-refractivity contribution in [3.05, 3.63) is 0 Å². The maximum Gasteiger partial charge on any atom is 0.228 e. The monoisotopic (exact) mass is 259 g/mol. The van der Waals surface area contributed by atoms with E-state index in [0.29, 0.717) is 12.8 Å². The van der Waals surface area contributed by atoms with Gasteiger partial charge in [0.25, 0.3) is 0 Å². The standard InChI is InChI=1S/C11H17NO2S2/c13-8-5-3-1-2-4-6-10(14)12-7-9-16-11(12)15/h8H,1-7,9H2. The van der Waals surface area contributed by atoms with Gasteiger partial charge in [0.05, 0.1) is 0 Å². The van der Waals surface area contributed by atoms with Crippen LogP contribution in [0.1, 0.15) is 38.5 Å². The maximum absolute atomic E-state index is 11.7. The van der Waals surface area contributed by atoms with Crippen LogP contribution in [0.4, 0.5) is 0 Å². The molecule has 0 aliphatic carbocycles. The van der Waals surface area contributed by atoms with Crippen LogP contribution >= 0.6 is 24.0 Å². The molecule has 1 heterocycles. The average Bonchev–Trinajstić information content (AvgIpc) is 2.69. The molecule has 1 aliphatic rings. The highest BCUT2D eigenvalue weighted by Crippen LogP contribution is 2.19. The second-order valence-corrected chi connectivity index (χ2v) is 5.51. The Morgan fingerprint density at radius 3 is 2.75 bits per heavy atom. The lowest BCUT2D eigenvalue weighted by Crippen LogP contribution is -2.30. The molecule has 0 N–H and O–H groups in total. The Morgan fingerprint density at radius 1 is 1.38 bits per heavy atom. The molecule has 0 bridgehead atoms. The molecule has 1 rings (SSSR count). The molecule has 3 nitrogen and oxygen atoms in total. The van der Waals surface area contributed by atoms with E-state index in [1.165, 1.54) is 0 Å². The van der Waals surface area contributed by atoms with Crippen LogP contribution in [0.5, 0.6) is 0 Å². The minimum Gasteiger partial charge on any atom is -0.303 e. The fourth-order valence-corrected chi connectivity index (χ4v) is 2.85. The van der Waals surface area contributed by atoms with Crippen LogP contribution in [0.25, 0.3) is 0 Å².